The predicted molar refractivity (Wildman–Crippen MR) is 124 cm³/mol. The van der Waals surface area contributed by atoms with Crippen LogP contribution in [0.2, 0.25) is 0 Å². The van der Waals surface area contributed by atoms with Crippen LogP contribution in [-0.4, -0.2) is 32.0 Å². The largest absolute Gasteiger partial charge is 0.332 e. The molecule has 1 fully saturated rings. The first-order valence-corrected chi connectivity index (χ1v) is 11.5. The van der Waals surface area contributed by atoms with Crippen LogP contribution in [0.25, 0.3) is 20.7 Å². The Kier molecular flexibility index (Phi) is 5.33. The maximum Gasteiger partial charge on any atom is 0.332 e. The molecule has 0 atom stereocenters. The summed E-state index contributed by atoms with van der Waals surface area (Å²) in [6.45, 7) is 4.83. The number of aryl methyl sites for hydroxylation is 1. The summed E-state index contributed by atoms with van der Waals surface area (Å²) < 4.78 is 5.74. The number of hydrogen-bond acceptors (Lipinski definition) is 5. The number of aromatic nitrogens is 4. The van der Waals surface area contributed by atoms with Crippen LogP contribution in [0.15, 0.2) is 58.4 Å². The standard InChI is InChI=1S/C23H25N5O2S/c1-2-26-14-16(13-25-26)15-27-19-12-20(17-6-4-3-5-7-17)31-21(19)22(29)28(23(27)30)18-8-10-24-11-9-18/h3-7,12-14,18,24H,2,8-11,15H2,1H3. The van der Waals surface area contributed by atoms with Gasteiger partial charge < -0.3 is 5.32 Å². The van der Waals surface area contributed by atoms with Crippen molar-refractivity contribution < 1.29 is 0 Å². The third-order valence-corrected chi connectivity index (χ3v) is 7.10. The lowest BCUT2D eigenvalue weighted by Crippen LogP contribution is -2.44. The van der Waals surface area contributed by atoms with Crippen LogP contribution in [0, 0.1) is 0 Å². The zero-order valence-electron chi connectivity index (χ0n) is 17.5. The number of piperidine rings is 1. The molecule has 1 aromatic carbocycles. The molecule has 8 heteroatoms. The number of nitrogens with one attached hydrogen (secondary N) is 1. The van der Waals surface area contributed by atoms with E-state index >= 15 is 0 Å². The van der Waals surface area contributed by atoms with Crippen molar-refractivity contribution in [2.75, 3.05) is 13.1 Å². The normalized spacial score (nSPS) is 15.0. The van der Waals surface area contributed by atoms with E-state index in [0.29, 0.717) is 16.8 Å². The number of thiophene rings is 1. The van der Waals surface area contributed by atoms with Crippen molar-refractivity contribution >= 4 is 21.6 Å². The van der Waals surface area contributed by atoms with Gasteiger partial charge in [-0.3, -0.25) is 18.6 Å². The Bertz CT molecular complexity index is 1330. The minimum Gasteiger partial charge on any atom is -0.317 e. The van der Waals surface area contributed by atoms with Gasteiger partial charge in [0, 0.05) is 29.2 Å². The maximum absolute atomic E-state index is 13.6. The van der Waals surface area contributed by atoms with Crippen molar-refractivity contribution in [1.29, 1.82) is 0 Å². The summed E-state index contributed by atoms with van der Waals surface area (Å²) in [7, 11) is 0. The van der Waals surface area contributed by atoms with E-state index in [4.69, 9.17) is 0 Å². The van der Waals surface area contributed by atoms with Crippen LogP contribution in [0.3, 0.4) is 0 Å². The minimum absolute atomic E-state index is 0.0717. The molecule has 1 N–H and O–H groups in total. The SMILES string of the molecule is CCn1cc(Cn2c(=O)n(C3CCNCC3)c(=O)c3sc(-c4ccccc4)cc32)cn1. The van der Waals surface area contributed by atoms with Gasteiger partial charge in [-0.25, -0.2) is 4.79 Å². The van der Waals surface area contributed by atoms with E-state index in [1.54, 1.807) is 10.8 Å². The number of fused-ring (bicyclic) bond motifs is 1. The lowest BCUT2D eigenvalue weighted by atomic mass is 10.1. The van der Waals surface area contributed by atoms with Gasteiger partial charge >= 0.3 is 5.69 Å². The molecule has 0 bridgehead atoms. The highest BCUT2D eigenvalue weighted by Gasteiger charge is 2.24. The average molecular weight is 436 g/mol. The fraction of sp³-hybridized carbons (Fsp3) is 0.348. The van der Waals surface area contributed by atoms with Gasteiger partial charge in [0.15, 0.2) is 0 Å². The molecule has 1 aliphatic rings. The van der Waals surface area contributed by atoms with Crippen LogP contribution in [-0.2, 0) is 13.1 Å². The Morgan fingerprint density at radius 2 is 1.94 bits per heavy atom. The monoisotopic (exact) mass is 435 g/mol. The summed E-state index contributed by atoms with van der Waals surface area (Å²) in [6, 6.07) is 11.9. The van der Waals surface area contributed by atoms with Gasteiger partial charge in [-0.05, 0) is 44.5 Å². The van der Waals surface area contributed by atoms with E-state index in [-0.39, 0.29) is 17.3 Å². The molecule has 7 nitrogen and oxygen atoms in total. The van der Waals surface area contributed by atoms with Crippen LogP contribution >= 0.6 is 11.3 Å². The van der Waals surface area contributed by atoms with E-state index < -0.39 is 0 Å². The van der Waals surface area contributed by atoms with E-state index in [0.717, 1.165) is 48.5 Å². The van der Waals surface area contributed by atoms with Gasteiger partial charge in [0.1, 0.15) is 4.70 Å². The third kappa shape index (κ3) is 3.66. The van der Waals surface area contributed by atoms with Crippen molar-refractivity contribution in [3.63, 3.8) is 0 Å². The fourth-order valence-corrected chi connectivity index (χ4v) is 5.40. The number of rotatable bonds is 5. The molecule has 31 heavy (non-hydrogen) atoms. The second-order valence-corrected chi connectivity index (χ2v) is 8.97. The molecule has 160 valence electrons. The second-order valence-electron chi connectivity index (χ2n) is 7.92. The molecule has 4 heterocycles. The summed E-state index contributed by atoms with van der Waals surface area (Å²) in [5.74, 6) is 0. The molecule has 5 rings (SSSR count). The highest BCUT2D eigenvalue weighted by Crippen LogP contribution is 2.32. The van der Waals surface area contributed by atoms with Crippen molar-refractivity contribution in [2.24, 2.45) is 0 Å². The molecule has 0 radical (unpaired) electrons. The highest BCUT2D eigenvalue weighted by atomic mass is 32.1. The zero-order valence-corrected chi connectivity index (χ0v) is 18.3. The highest BCUT2D eigenvalue weighted by molar-refractivity contribution is 7.22. The van der Waals surface area contributed by atoms with Crippen LogP contribution < -0.4 is 16.6 Å². The topological polar surface area (TPSA) is 73.8 Å². The summed E-state index contributed by atoms with van der Waals surface area (Å²) in [4.78, 5) is 28.1. The van der Waals surface area contributed by atoms with Gasteiger partial charge in [0.2, 0.25) is 0 Å². The van der Waals surface area contributed by atoms with Gasteiger partial charge in [0.05, 0.1) is 18.3 Å². The first-order chi connectivity index (χ1) is 15.2. The third-order valence-electron chi connectivity index (χ3n) is 5.94. The first-order valence-electron chi connectivity index (χ1n) is 10.7. The van der Waals surface area contributed by atoms with Crippen molar-refractivity contribution in [2.45, 2.75) is 38.9 Å². The average Bonchev–Trinajstić information content (AvgIpc) is 3.45. The second kappa shape index (κ2) is 8.28. The fourth-order valence-electron chi connectivity index (χ4n) is 4.29. The maximum atomic E-state index is 13.6. The van der Waals surface area contributed by atoms with E-state index in [9.17, 15) is 9.59 Å². The lowest BCUT2D eigenvalue weighted by Gasteiger charge is -2.25. The van der Waals surface area contributed by atoms with Gasteiger partial charge in [0.25, 0.3) is 5.56 Å². The summed E-state index contributed by atoms with van der Waals surface area (Å²) >= 11 is 1.47. The summed E-state index contributed by atoms with van der Waals surface area (Å²) in [5, 5.41) is 7.67. The summed E-state index contributed by atoms with van der Waals surface area (Å²) in [6.07, 6.45) is 5.33. The quantitative estimate of drug-likeness (QED) is 0.523. The molecule has 3 aromatic heterocycles. The van der Waals surface area contributed by atoms with Gasteiger partial charge in [-0.15, -0.1) is 11.3 Å². The Hall–Kier alpha value is -2.97. The predicted octanol–water partition coefficient (Wildman–Crippen LogP) is 3.08. The summed E-state index contributed by atoms with van der Waals surface area (Å²) in [5.41, 5.74) is 2.31. The molecule has 0 unspecified atom stereocenters. The van der Waals surface area contributed by atoms with Crippen molar-refractivity contribution in [3.8, 4) is 10.4 Å². The Morgan fingerprint density at radius 1 is 1.16 bits per heavy atom. The molecule has 0 amide bonds. The van der Waals surface area contributed by atoms with Crippen LogP contribution in [0.5, 0.6) is 0 Å². The lowest BCUT2D eigenvalue weighted by molar-refractivity contribution is 0.346. The Morgan fingerprint density at radius 3 is 2.65 bits per heavy atom. The van der Waals surface area contributed by atoms with Crippen molar-refractivity contribution in [1.82, 2.24) is 24.2 Å². The van der Waals surface area contributed by atoms with E-state index in [1.807, 2.05) is 54.2 Å². The molecule has 1 saturated heterocycles. The number of benzene rings is 1. The van der Waals surface area contributed by atoms with Crippen LogP contribution in [0.4, 0.5) is 0 Å². The smallest absolute Gasteiger partial charge is 0.317 e. The number of nitrogens with zero attached hydrogens (tertiary/aromatic N) is 4. The van der Waals surface area contributed by atoms with E-state index in [1.165, 1.54) is 15.9 Å². The van der Waals surface area contributed by atoms with E-state index in [2.05, 4.69) is 10.4 Å². The molecular formula is C23H25N5O2S. The number of hydrogen-bond donors (Lipinski definition) is 1. The first kappa shape index (κ1) is 20.0. The van der Waals surface area contributed by atoms with Crippen molar-refractivity contribution in [3.05, 3.63) is 75.2 Å². The molecule has 0 spiro atoms. The molecule has 0 aliphatic carbocycles. The molecule has 4 aromatic rings. The Balaban J connectivity index is 1.72. The minimum atomic E-state index is -0.230. The zero-order chi connectivity index (χ0) is 21.4. The van der Waals surface area contributed by atoms with Gasteiger partial charge in [-0.2, -0.15) is 5.10 Å². The van der Waals surface area contributed by atoms with Crippen LogP contribution in [0.1, 0.15) is 31.4 Å². The Labute approximate surface area is 183 Å². The molecular weight excluding hydrogens is 410 g/mol. The molecule has 1 aliphatic heterocycles. The molecule has 0 saturated carbocycles. The van der Waals surface area contributed by atoms with Gasteiger partial charge in [-0.1, -0.05) is 30.3 Å².